The molecular formula is C12H23NO3. The molecule has 0 bridgehead atoms. The summed E-state index contributed by atoms with van der Waals surface area (Å²) >= 11 is 0. The van der Waals surface area contributed by atoms with Gasteiger partial charge in [0, 0.05) is 13.7 Å². The molecule has 0 radical (unpaired) electrons. The zero-order valence-electron chi connectivity index (χ0n) is 10.2. The van der Waals surface area contributed by atoms with E-state index >= 15 is 0 Å². The molecule has 2 N–H and O–H groups in total. The average Bonchev–Trinajstić information content (AvgIpc) is 2.79. The molecule has 1 aliphatic carbocycles. The second kappa shape index (κ2) is 6.86. The van der Waals surface area contributed by atoms with Gasteiger partial charge in [0.25, 0.3) is 0 Å². The van der Waals surface area contributed by atoms with Crippen LogP contribution in [-0.2, 0) is 9.53 Å². The third kappa shape index (κ3) is 4.10. The van der Waals surface area contributed by atoms with E-state index in [1.807, 2.05) is 6.92 Å². The maximum absolute atomic E-state index is 11.6. The summed E-state index contributed by atoms with van der Waals surface area (Å²) in [4.78, 5) is 11.6. The van der Waals surface area contributed by atoms with E-state index in [0.717, 1.165) is 12.8 Å². The van der Waals surface area contributed by atoms with Crippen molar-refractivity contribution in [3.05, 3.63) is 0 Å². The van der Waals surface area contributed by atoms with Gasteiger partial charge in [-0.3, -0.25) is 4.79 Å². The van der Waals surface area contributed by atoms with Crippen LogP contribution in [0.25, 0.3) is 0 Å². The van der Waals surface area contributed by atoms with E-state index in [1.165, 1.54) is 12.8 Å². The summed E-state index contributed by atoms with van der Waals surface area (Å²) in [6.45, 7) is 2.61. The first-order valence-corrected chi connectivity index (χ1v) is 6.10. The van der Waals surface area contributed by atoms with Crippen LogP contribution in [0.1, 0.15) is 32.6 Å². The predicted octanol–water partition coefficient (Wildman–Crippen LogP) is 0.936. The Labute approximate surface area is 97.4 Å². The van der Waals surface area contributed by atoms with Crippen LogP contribution in [0, 0.1) is 11.8 Å². The summed E-state index contributed by atoms with van der Waals surface area (Å²) in [7, 11) is 1.58. The summed E-state index contributed by atoms with van der Waals surface area (Å²) in [6, 6.07) is 0. The molecule has 4 heteroatoms. The Kier molecular flexibility index (Phi) is 5.77. The van der Waals surface area contributed by atoms with Crippen molar-refractivity contribution in [1.82, 2.24) is 5.32 Å². The number of carbonyl (C=O) groups excluding carboxylic acids is 1. The molecule has 4 nitrogen and oxygen atoms in total. The molecular weight excluding hydrogens is 206 g/mol. The van der Waals surface area contributed by atoms with Crippen LogP contribution < -0.4 is 5.32 Å². The molecule has 1 saturated carbocycles. The van der Waals surface area contributed by atoms with Gasteiger partial charge in [-0.25, -0.2) is 0 Å². The van der Waals surface area contributed by atoms with Gasteiger partial charge in [-0.2, -0.15) is 0 Å². The molecule has 0 aromatic carbocycles. The molecule has 0 aliphatic heterocycles. The molecule has 2 unspecified atom stereocenters. The lowest BCUT2D eigenvalue weighted by Crippen LogP contribution is -2.39. The first-order chi connectivity index (χ1) is 7.65. The highest BCUT2D eigenvalue weighted by atomic mass is 16.5. The Hall–Kier alpha value is -0.610. The predicted molar refractivity (Wildman–Crippen MR) is 62.0 cm³/mol. The van der Waals surface area contributed by atoms with Gasteiger partial charge in [0.15, 0.2) is 0 Å². The molecule has 0 saturated heterocycles. The smallest absolute Gasteiger partial charge is 0.225 e. The quantitative estimate of drug-likeness (QED) is 0.712. The van der Waals surface area contributed by atoms with Crippen molar-refractivity contribution in [2.75, 3.05) is 20.3 Å². The molecule has 0 aromatic heterocycles. The number of hydrogen-bond donors (Lipinski definition) is 2. The molecule has 0 heterocycles. The van der Waals surface area contributed by atoms with Crippen LogP contribution in [-0.4, -0.2) is 37.4 Å². The van der Waals surface area contributed by atoms with Gasteiger partial charge in [0.2, 0.25) is 5.91 Å². The van der Waals surface area contributed by atoms with Gasteiger partial charge in [-0.05, 0) is 18.8 Å². The summed E-state index contributed by atoms with van der Waals surface area (Å²) in [5, 5.41) is 12.6. The molecule has 1 fully saturated rings. The van der Waals surface area contributed by atoms with Gasteiger partial charge in [0.1, 0.15) is 0 Å². The van der Waals surface area contributed by atoms with Gasteiger partial charge >= 0.3 is 0 Å². The second-order valence-corrected chi connectivity index (χ2v) is 4.71. The van der Waals surface area contributed by atoms with Crippen molar-refractivity contribution in [3.8, 4) is 0 Å². The van der Waals surface area contributed by atoms with Crippen LogP contribution in [0.2, 0.25) is 0 Å². The lowest BCUT2D eigenvalue weighted by molar-refractivity contribution is -0.126. The topological polar surface area (TPSA) is 58.6 Å². The van der Waals surface area contributed by atoms with Crippen LogP contribution >= 0.6 is 0 Å². The van der Waals surface area contributed by atoms with E-state index in [4.69, 9.17) is 4.74 Å². The van der Waals surface area contributed by atoms with E-state index in [9.17, 15) is 9.90 Å². The first kappa shape index (κ1) is 13.5. The Bertz CT molecular complexity index is 214. The number of ether oxygens (including phenoxy) is 1. The fraction of sp³-hybridized carbons (Fsp3) is 0.917. The minimum Gasteiger partial charge on any atom is -0.391 e. The highest BCUT2D eigenvalue weighted by Gasteiger charge is 2.23. The SMILES string of the molecule is COCC(C)C(=O)NCC(O)C1CCCC1. The Morgan fingerprint density at radius 3 is 2.69 bits per heavy atom. The van der Waals surface area contributed by atoms with Crippen LogP contribution in [0.15, 0.2) is 0 Å². The highest BCUT2D eigenvalue weighted by Crippen LogP contribution is 2.27. The molecule has 0 spiro atoms. The third-order valence-electron chi connectivity index (χ3n) is 3.29. The first-order valence-electron chi connectivity index (χ1n) is 6.10. The standard InChI is InChI=1S/C12H23NO3/c1-9(8-16-2)12(15)13-7-11(14)10-5-3-4-6-10/h9-11,14H,3-8H2,1-2H3,(H,13,15). The van der Waals surface area contributed by atoms with Gasteiger partial charge < -0.3 is 15.2 Å². The maximum Gasteiger partial charge on any atom is 0.225 e. The summed E-state index contributed by atoms with van der Waals surface area (Å²) in [6.07, 6.45) is 4.20. The van der Waals surface area contributed by atoms with E-state index in [1.54, 1.807) is 7.11 Å². The van der Waals surface area contributed by atoms with Crippen molar-refractivity contribution in [2.45, 2.75) is 38.7 Å². The number of rotatable bonds is 6. The van der Waals surface area contributed by atoms with Gasteiger partial charge in [0.05, 0.1) is 18.6 Å². The molecule has 1 amide bonds. The monoisotopic (exact) mass is 229 g/mol. The van der Waals surface area contributed by atoms with E-state index in [-0.39, 0.29) is 17.9 Å². The van der Waals surface area contributed by atoms with Crippen LogP contribution in [0.4, 0.5) is 0 Å². The van der Waals surface area contributed by atoms with Crippen LogP contribution in [0.5, 0.6) is 0 Å². The van der Waals surface area contributed by atoms with Crippen molar-refractivity contribution in [2.24, 2.45) is 11.8 Å². The van der Waals surface area contributed by atoms with Crippen molar-refractivity contribution >= 4 is 5.91 Å². The van der Waals surface area contributed by atoms with Gasteiger partial charge in [-0.15, -0.1) is 0 Å². The largest absolute Gasteiger partial charge is 0.391 e. The fourth-order valence-electron chi connectivity index (χ4n) is 2.21. The minimum atomic E-state index is -0.388. The van der Waals surface area contributed by atoms with E-state index < -0.39 is 0 Å². The van der Waals surface area contributed by atoms with Crippen molar-refractivity contribution in [3.63, 3.8) is 0 Å². The molecule has 0 aromatic rings. The number of amides is 1. The third-order valence-corrected chi connectivity index (χ3v) is 3.29. The number of carbonyl (C=O) groups is 1. The lowest BCUT2D eigenvalue weighted by Gasteiger charge is -2.19. The Balaban J connectivity index is 2.19. The number of methoxy groups -OCH3 is 1. The Morgan fingerprint density at radius 1 is 1.50 bits per heavy atom. The molecule has 94 valence electrons. The van der Waals surface area contributed by atoms with E-state index in [0.29, 0.717) is 19.1 Å². The normalized spacial score (nSPS) is 20.7. The number of aliphatic hydroxyl groups excluding tert-OH is 1. The van der Waals surface area contributed by atoms with Gasteiger partial charge in [-0.1, -0.05) is 19.8 Å². The summed E-state index contributed by atoms with van der Waals surface area (Å²) in [5.74, 6) is 0.178. The molecule has 16 heavy (non-hydrogen) atoms. The average molecular weight is 229 g/mol. The minimum absolute atomic E-state index is 0.0427. The molecule has 2 atom stereocenters. The van der Waals surface area contributed by atoms with Crippen molar-refractivity contribution in [1.29, 1.82) is 0 Å². The lowest BCUT2D eigenvalue weighted by atomic mass is 10.0. The number of nitrogens with one attached hydrogen (secondary N) is 1. The second-order valence-electron chi connectivity index (χ2n) is 4.71. The summed E-state index contributed by atoms with van der Waals surface area (Å²) < 4.78 is 4.91. The zero-order chi connectivity index (χ0) is 12.0. The maximum atomic E-state index is 11.6. The van der Waals surface area contributed by atoms with Crippen LogP contribution in [0.3, 0.4) is 0 Å². The zero-order valence-corrected chi connectivity index (χ0v) is 10.2. The highest BCUT2D eigenvalue weighted by molar-refractivity contribution is 5.78. The number of aliphatic hydroxyl groups is 1. The number of hydrogen-bond acceptors (Lipinski definition) is 3. The molecule has 1 rings (SSSR count). The van der Waals surface area contributed by atoms with Crippen molar-refractivity contribution < 1.29 is 14.6 Å². The Morgan fingerprint density at radius 2 is 2.12 bits per heavy atom. The van der Waals surface area contributed by atoms with E-state index in [2.05, 4.69) is 5.32 Å². The molecule has 1 aliphatic rings. The summed E-state index contributed by atoms with van der Waals surface area (Å²) in [5.41, 5.74) is 0. The fourth-order valence-corrected chi connectivity index (χ4v) is 2.21.